The molecular formula is C10H9F6N3O. The van der Waals surface area contributed by atoms with Gasteiger partial charge in [-0.05, 0) is 0 Å². The minimum absolute atomic E-state index is 0.0200. The van der Waals surface area contributed by atoms with Gasteiger partial charge in [-0.2, -0.15) is 26.3 Å². The van der Waals surface area contributed by atoms with Crippen molar-refractivity contribution >= 4 is 0 Å². The van der Waals surface area contributed by atoms with Gasteiger partial charge in [-0.15, -0.1) is 0 Å². The van der Waals surface area contributed by atoms with Gasteiger partial charge in [0.15, 0.2) is 11.5 Å². The van der Waals surface area contributed by atoms with Crippen molar-refractivity contribution in [2.45, 2.75) is 32.0 Å². The Labute approximate surface area is 109 Å². The fraction of sp³-hybridized carbons (Fsp3) is 0.600. The van der Waals surface area contributed by atoms with Crippen molar-refractivity contribution in [2.75, 3.05) is 6.61 Å². The Bertz CT molecular complexity index is 499. The summed E-state index contributed by atoms with van der Waals surface area (Å²) in [4.78, 5) is 7.05. The van der Waals surface area contributed by atoms with Crippen LogP contribution in [0.4, 0.5) is 26.3 Å². The lowest BCUT2D eigenvalue weighted by Crippen LogP contribution is -2.19. The minimum atomic E-state index is -4.68. The first kappa shape index (κ1) is 15.0. The summed E-state index contributed by atoms with van der Waals surface area (Å²) in [5.41, 5.74) is -1.06. The van der Waals surface area contributed by atoms with E-state index in [0.717, 1.165) is 0 Å². The molecule has 2 rings (SSSR count). The molecule has 20 heavy (non-hydrogen) atoms. The number of hydrogen-bond acceptors (Lipinski definition) is 4. The summed E-state index contributed by atoms with van der Waals surface area (Å²) in [6.07, 6.45) is -9.23. The Balaban J connectivity index is 2.19. The SMILES string of the molecule is FC(F)(F)COCc1nc2c(c(C(F)(F)F)n1)CNC2. The molecule has 0 saturated heterocycles. The molecule has 1 N–H and O–H groups in total. The lowest BCUT2D eigenvalue weighted by Gasteiger charge is -2.12. The molecule has 0 spiro atoms. The third-order valence-corrected chi connectivity index (χ3v) is 2.50. The van der Waals surface area contributed by atoms with E-state index in [-0.39, 0.29) is 24.3 Å². The van der Waals surface area contributed by atoms with Crippen LogP contribution in [0.5, 0.6) is 0 Å². The van der Waals surface area contributed by atoms with Crippen molar-refractivity contribution < 1.29 is 31.1 Å². The van der Waals surface area contributed by atoms with Gasteiger partial charge in [-0.3, -0.25) is 0 Å². The van der Waals surface area contributed by atoms with E-state index in [1.165, 1.54) is 0 Å². The molecule has 4 nitrogen and oxygen atoms in total. The third kappa shape index (κ3) is 3.57. The molecule has 1 aromatic heterocycles. The molecule has 112 valence electrons. The van der Waals surface area contributed by atoms with E-state index in [1.807, 2.05) is 0 Å². The van der Waals surface area contributed by atoms with E-state index in [0.29, 0.717) is 0 Å². The molecule has 0 fully saturated rings. The van der Waals surface area contributed by atoms with Crippen LogP contribution in [0, 0.1) is 0 Å². The predicted octanol–water partition coefficient (Wildman–Crippen LogP) is 2.18. The van der Waals surface area contributed by atoms with E-state index in [9.17, 15) is 26.3 Å². The molecule has 0 unspecified atom stereocenters. The van der Waals surface area contributed by atoms with Gasteiger partial charge in [0.2, 0.25) is 0 Å². The van der Waals surface area contributed by atoms with E-state index in [2.05, 4.69) is 20.0 Å². The van der Waals surface area contributed by atoms with Gasteiger partial charge in [-0.1, -0.05) is 0 Å². The van der Waals surface area contributed by atoms with E-state index < -0.39 is 37.1 Å². The fourth-order valence-electron chi connectivity index (χ4n) is 1.78. The number of ether oxygens (including phenoxy) is 1. The largest absolute Gasteiger partial charge is 0.433 e. The topological polar surface area (TPSA) is 47.0 Å². The van der Waals surface area contributed by atoms with Gasteiger partial charge in [-0.25, -0.2) is 9.97 Å². The average Bonchev–Trinajstić information content (AvgIpc) is 2.72. The summed E-state index contributed by atoms with van der Waals surface area (Å²) in [5, 5.41) is 2.68. The van der Waals surface area contributed by atoms with Crippen molar-refractivity contribution in [2.24, 2.45) is 0 Å². The fourth-order valence-corrected chi connectivity index (χ4v) is 1.78. The zero-order chi connectivity index (χ0) is 15.0. The van der Waals surface area contributed by atoms with Gasteiger partial charge in [0, 0.05) is 18.7 Å². The average molecular weight is 301 g/mol. The monoisotopic (exact) mass is 301 g/mol. The van der Waals surface area contributed by atoms with Crippen LogP contribution in [0.3, 0.4) is 0 Å². The molecule has 0 aromatic carbocycles. The minimum Gasteiger partial charge on any atom is -0.364 e. The summed E-state index contributed by atoms with van der Waals surface area (Å²) in [5.74, 6) is -0.413. The van der Waals surface area contributed by atoms with Gasteiger partial charge in [0.05, 0.1) is 5.69 Å². The highest BCUT2D eigenvalue weighted by Crippen LogP contribution is 2.33. The Morgan fingerprint density at radius 3 is 2.35 bits per heavy atom. The number of rotatable bonds is 3. The molecule has 0 saturated carbocycles. The van der Waals surface area contributed by atoms with E-state index in [4.69, 9.17) is 0 Å². The lowest BCUT2D eigenvalue weighted by atomic mass is 10.2. The molecule has 0 amide bonds. The molecule has 0 bridgehead atoms. The van der Waals surface area contributed by atoms with Gasteiger partial charge in [0.25, 0.3) is 0 Å². The Morgan fingerprint density at radius 2 is 1.75 bits per heavy atom. The second-order valence-electron chi connectivity index (χ2n) is 4.12. The van der Waals surface area contributed by atoms with Gasteiger partial charge in [0.1, 0.15) is 13.2 Å². The quantitative estimate of drug-likeness (QED) is 0.869. The van der Waals surface area contributed by atoms with Crippen LogP contribution in [0.1, 0.15) is 22.8 Å². The van der Waals surface area contributed by atoms with Crippen LogP contribution in [-0.4, -0.2) is 22.8 Å². The molecule has 0 aliphatic carbocycles. The Kier molecular flexibility index (Phi) is 3.87. The van der Waals surface area contributed by atoms with Crippen molar-refractivity contribution in [3.63, 3.8) is 0 Å². The maximum absolute atomic E-state index is 12.8. The molecule has 1 aliphatic heterocycles. The van der Waals surface area contributed by atoms with Gasteiger partial charge >= 0.3 is 12.4 Å². The number of fused-ring (bicyclic) bond motifs is 1. The van der Waals surface area contributed by atoms with Crippen molar-refractivity contribution in [3.05, 3.63) is 22.8 Å². The molecule has 2 heterocycles. The van der Waals surface area contributed by atoms with Crippen LogP contribution < -0.4 is 5.32 Å². The highest BCUT2D eigenvalue weighted by atomic mass is 19.4. The number of aromatic nitrogens is 2. The first-order valence-electron chi connectivity index (χ1n) is 5.48. The maximum Gasteiger partial charge on any atom is 0.433 e. The molecule has 0 radical (unpaired) electrons. The first-order chi connectivity index (χ1) is 9.17. The van der Waals surface area contributed by atoms with Crippen LogP contribution in [0.2, 0.25) is 0 Å². The second kappa shape index (κ2) is 5.17. The number of nitrogens with one attached hydrogen (secondary N) is 1. The number of hydrogen-bond donors (Lipinski definition) is 1. The number of halogens is 6. The van der Waals surface area contributed by atoms with E-state index in [1.54, 1.807) is 0 Å². The van der Waals surface area contributed by atoms with Crippen molar-refractivity contribution in [1.82, 2.24) is 15.3 Å². The highest BCUT2D eigenvalue weighted by Gasteiger charge is 2.38. The Hall–Kier alpha value is -1.42. The van der Waals surface area contributed by atoms with Crippen molar-refractivity contribution in [1.29, 1.82) is 0 Å². The lowest BCUT2D eigenvalue weighted by molar-refractivity contribution is -0.177. The zero-order valence-corrected chi connectivity index (χ0v) is 9.90. The van der Waals surface area contributed by atoms with Crippen LogP contribution >= 0.6 is 0 Å². The van der Waals surface area contributed by atoms with Crippen molar-refractivity contribution in [3.8, 4) is 0 Å². The van der Waals surface area contributed by atoms with E-state index >= 15 is 0 Å². The molecular weight excluding hydrogens is 292 g/mol. The normalized spacial score (nSPS) is 15.5. The number of nitrogens with zero attached hydrogens (tertiary/aromatic N) is 2. The summed E-state index contributed by atoms with van der Waals surface area (Å²) >= 11 is 0. The van der Waals surface area contributed by atoms with Crippen LogP contribution in [0.15, 0.2) is 0 Å². The summed E-state index contributed by atoms with van der Waals surface area (Å²) in [6, 6.07) is 0. The van der Waals surface area contributed by atoms with Gasteiger partial charge < -0.3 is 10.1 Å². The maximum atomic E-state index is 12.8. The molecule has 10 heteroatoms. The smallest absolute Gasteiger partial charge is 0.364 e. The molecule has 0 atom stereocenters. The second-order valence-corrected chi connectivity index (χ2v) is 4.12. The summed E-state index contributed by atoms with van der Waals surface area (Å²) < 4.78 is 78.3. The van der Waals surface area contributed by atoms with Crippen LogP contribution in [0.25, 0.3) is 0 Å². The zero-order valence-electron chi connectivity index (χ0n) is 9.90. The van der Waals surface area contributed by atoms with Crippen LogP contribution in [-0.2, 0) is 30.6 Å². The number of alkyl halides is 6. The summed E-state index contributed by atoms with van der Waals surface area (Å²) in [6.45, 7) is -2.19. The predicted molar refractivity (Wildman–Crippen MR) is 53.3 cm³/mol. The summed E-state index contributed by atoms with van der Waals surface area (Å²) in [7, 11) is 0. The standard InChI is InChI=1S/C10H9F6N3O/c11-9(12,13)4-20-3-7-18-6-2-17-1-5(6)8(19-7)10(14,15)16/h17H,1-4H2. The molecule has 1 aromatic rings. The Morgan fingerprint density at radius 1 is 1.05 bits per heavy atom. The highest BCUT2D eigenvalue weighted by molar-refractivity contribution is 5.31. The molecule has 1 aliphatic rings. The third-order valence-electron chi connectivity index (χ3n) is 2.50. The first-order valence-corrected chi connectivity index (χ1v) is 5.48.